The number of fused-ring (bicyclic) bond motifs is 1. The zero-order valence-corrected chi connectivity index (χ0v) is 11.0. The third-order valence-corrected chi connectivity index (χ3v) is 4.06. The molecule has 19 heavy (non-hydrogen) atoms. The molecule has 5 heteroatoms. The Morgan fingerprint density at radius 3 is 3.05 bits per heavy atom. The Morgan fingerprint density at radius 2 is 2.26 bits per heavy atom. The number of nitrogens with one attached hydrogen (secondary N) is 1. The summed E-state index contributed by atoms with van der Waals surface area (Å²) in [5.74, 6) is -0.339. The lowest BCUT2D eigenvalue weighted by atomic mass is 10.0. The van der Waals surface area contributed by atoms with E-state index in [0.29, 0.717) is 23.6 Å². The number of aromatic nitrogens is 2. The third kappa shape index (κ3) is 2.18. The van der Waals surface area contributed by atoms with Crippen LogP contribution in [-0.2, 0) is 6.54 Å². The molecule has 3 rings (SSSR count). The van der Waals surface area contributed by atoms with Crippen molar-refractivity contribution in [2.24, 2.45) is 0 Å². The van der Waals surface area contributed by atoms with Crippen LogP contribution in [0.4, 0.5) is 4.39 Å². The lowest BCUT2D eigenvalue weighted by Gasteiger charge is -2.32. The van der Waals surface area contributed by atoms with Crippen molar-refractivity contribution in [3.63, 3.8) is 0 Å². The van der Waals surface area contributed by atoms with Gasteiger partial charge in [-0.05, 0) is 38.6 Å². The number of aromatic amines is 1. The summed E-state index contributed by atoms with van der Waals surface area (Å²) < 4.78 is 15.5. The third-order valence-electron chi connectivity index (χ3n) is 4.06. The van der Waals surface area contributed by atoms with Crippen molar-refractivity contribution in [1.82, 2.24) is 14.5 Å². The van der Waals surface area contributed by atoms with Gasteiger partial charge < -0.3 is 9.88 Å². The molecule has 1 fully saturated rings. The van der Waals surface area contributed by atoms with Gasteiger partial charge in [-0.2, -0.15) is 0 Å². The topological polar surface area (TPSA) is 41.0 Å². The number of likely N-dealkylation sites (tertiary alicyclic amines) is 1. The number of rotatable bonds is 2. The molecular weight excluding hydrogens is 245 g/mol. The van der Waals surface area contributed by atoms with Gasteiger partial charge in [0.25, 0.3) is 0 Å². The SMILES string of the molecule is CN1CCCCC1Cn1c(=O)[nH]c2cccc(F)c21. The number of imidazole rings is 1. The first kappa shape index (κ1) is 12.4. The van der Waals surface area contributed by atoms with Crippen LogP contribution >= 0.6 is 0 Å². The smallest absolute Gasteiger partial charge is 0.305 e. The number of likely N-dealkylation sites (N-methyl/N-ethyl adjacent to an activating group) is 1. The zero-order chi connectivity index (χ0) is 13.4. The van der Waals surface area contributed by atoms with Crippen LogP contribution in [0.15, 0.2) is 23.0 Å². The fourth-order valence-electron chi connectivity index (χ4n) is 2.93. The van der Waals surface area contributed by atoms with E-state index in [9.17, 15) is 9.18 Å². The minimum absolute atomic E-state index is 0.223. The second-order valence-corrected chi connectivity index (χ2v) is 5.31. The molecule has 1 unspecified atom stereocenters. The molecule has 1 aliphatic heterocycles. The summed E-state index contributed by atoms with van der Waals surface area (Å²) in [5, 5.41) is 0. The molecular formula is C14H18FN3O. The lowest BCUT2D eigenvalue weighted by molar-refractivity contribution is 0.167. The molecule has 0 spiro atoms. The molecule has 1 saturated heterocycles. The van der Waals surface area contributed by atoms with Gasteiger partial charge in [0, 0.05) is 12.6 Å². The zero-order valence-electron chi connectivity index (χ0n) is 11.0. The van der Waals surface area contributed by atoms with Gasteiger partial charge in [-0.15, -0.1) is 0 Å². The highest BCUT2D eigenvalue weighted by Crippen LogP contribution is 2.19. The van der Waals surface area contributed by atoms with Crippen molar-refractivity contribution < 1.29 is 4.39 Å². The van der Waals surface area contributed by atoms with Crippen molar-refractivity contribution in [2.75, 3.05) is 13.6 Å². The first-order chi connectivity index (χ1) is 9.16. The quantitative estimate of drug-likeness (QED) is 0.899. The van der Waals surface area contributed by atoms with Crippen LogP contribution in [0.5, 0.6) is 0 Å². The maximum Gasteiger partial charge on any atom is 0.326 e. The van der Waals surface area contributed by atoms with E-state index in [2.05, 4.69) is 16.9 Å². The standard InChI is InChI=1S/C14H18FN3O/c1-17-8-3-2-5-10(17)9-18-13-11(15)6-4-7-12(13)16-14(18)19/h4,6-7,10H,2-3,5,8-9H2,1H3,(H,16,19). The van der Waals surface area contributed by atoms with Gasteiger partial charge >= 0.3 is 5.69 Å². The largest absolute Gasteiger partial charge is 0.326 e. The maximum atomic E-state index is 13.9. The number of halogens is 1. The average molecular weight is 263 g/mol. The van der Waals surface area contributed by atoms with Crippen molar-refractivity contribution in [2.45, 2.75) is 31.8 Å². The highest BCUT2D eigenvalue weighted by atomic mass is 19.1. The molecule has 1 atom stereocenters. The second kappa shape index (κ2) is 4.81. The van der Waals surface area contributed by atoms with E-state index in [4.69, 9.17) is 0 Å². The average Bonchev–Trinajstić information content (AvgIpc) is 2.70. The van der Waals surface area contributed by atoms with E-state index in [1.54, 1.807) is 12.1 Å². The minimum Gasteiger partial charge on any atom is -0.305 e. The number of piperidine rings is 1. The predicted octanol–water partition coefficient (Wildman–Crippen LogP) is 1.95. The first-order valence-electron chi connectivity index (χ1n) is 6.74. The van der Waals surface area contributed by atoms with Crippen LogP contribution in [0.1, 0.15) is 19.3 Å². The molecule has 0 bridgehead atoms. The minimum atomic E-state index is -0.339. The highest BCUT2D eigenvalue weighted by molar-refractivity contribution is 5.75. The molecule has 4 nitrogen and oxygen atoms in total. The van der Waals surface area contributed by atoms with E-state index < -0.39 is 0 Å². The van der Waals surface area contributed by atoms with E-state index >= 15 is 0 Å². The molecule has 102 valence electrons. The highest BCUT2D eigenvalue weighted by Gasteiger charge is 2.21. The molecule has 0 saturated carbocycles. The number of hydrogen-bond donors (Lipinski definition) is 1. The van der Waals surface area contributed by atoms with Gasteiger partial charge in [0.1, 0.15) is 11.3 Å². The summed E-state index contributed by atoms with van der Waals surface area (Å²) in [6.45, 7) is 1.60. The Labute approximate surface area is 110 Å². The van der Waals surface area contributed by atoms with Crippen molar-refractivity contribution in [3.05, 3.63) is 34.5 Å². The van der Waals surface area contributed by atoms with Crippen LogP contribution in [-0.4, -0.2) is 34.1 Å². The van der Waals surface area contributed by atoms with Gasteiger partial charge in [-0.25, -0.2) is 9.18 Å². The molecule has 2 aromatic rings. The summed E-state index contributed by atoms with van der Waals surface area (Å²) in [6.07, 6.45) is 3.43. The fourth-order valence-corrected chi connectivity index (χ4v) is 2.93. The van der Waals surface area contributed by atoms with Crippen LogP contribution in [0.25, 0.3) is 11.0 Å². The molecule has 0 amide bonds. The molecule has 0 radical (unpaired) electrons. The second-order valence-electron chi connectivity index (χ2n) is 5.31. The van der Waals surface area contributed by atoms with Gasteiger partial charge in [0.05, 0.1) is 5.52 Å². The molecule has 1 N–H and O–H groups in total. The normalized spacial score (nSPS) is 21.1. The van der Waals surface area contributed by atoms with E-state index in [-0.39, 0.29) is 11.5 Å². The van der Waals surface area contributed by atoms with Crippen molar-refractivity contribution >= 4 is 11.0 Å². The maximum absolute atomic E-state index is 13.9. The molecule has 1 aliphatic rings. The first-order valence-corrected chi connectivity index (χ1v) is 6.74. The Morgan fingerprint density at radius 1 is 1.42 bits per heavy atom. The number of H-pyrrole nitrogens is 1. The Hall–Kier alpha value is -1.62. The van der Waals surface area contributed by atoms with Crippen molar-refractivity contribution in [3.8, 4) is 0 Å². The van der Waals surface area contributed by atoms with Crippen LogP contribution in [0, 0.1) is 5.82 Å². The van der Waals surface area contributed by atoms with Gasteiger partial charge in [0.2, 0.25) is 0 Å². The van der Waals surface area contributed by atoms with Crippen molar-refractivity contribution in [1.29, 1.82) is 0 Å². The summed E-state index contributed by atoms with van der Waals surface area (Å²) in [4.78, 5) is 17.0. The Kier molecular flexibility index (Phi) is 3.14. The summed E-state index contributed by atoms with van der Waals surface area (Å²) >= 11 is 0. The lowest BCUT2D eigenvalue weighted by Crippen LogP contribution is -2.40. The summed E-state index contributed by atoms with van der Waals surface area (Å²) in [7, 11) is 2.07. The molecule has 0 aliphatic carbocycles. The van der Waals surface area contributed by atoms with Crippen LogP contribution in [0.2, 0.25) is 0 Å². The fraction of sp³-hybridized carbons (Fsp3) is 0.500. The van der Waals surface area contributed by atoms with E-state index in [1.807, 2.05) is 0 Å². The Balaban J connectivity index is 2.00. The number of para-hydroxylation sites is 1. The summed E-state index contributed by atoms with van der Waals surface area (Å²) in [6, 6.07) is 5.06. The summed E-state index contributed by atoms with van der Waals surface area (Å²) in [5.41, 5.74) is 0.744. The van der Waals surface area contributed by atoms with Crippen LogP contribution in [0.3, 0.4) is 0 Å². The number of hydrogen-bond acceptors (Lipinski definition) is 2. The van der Waals surface area contributed by atoms with Gasteiger partial charge in [-0.3, -0.25) is 4.57 Å². The molecule has 1 aromatic carbocycles. The Bertz CT molecular complexity index is 646. The van der Waals surface area contributed by atoms with Crippen LogP contribution < -0.4 is 5.69 Å². The van der Waals surface area contributed by atoms with E-state index in [1.165, 1.54) is 23.5 Å². The number of benzene rings is 1. The van der Waals surface area contributed by atoms with E-state index in [0.717, 1.165) is 13.0 Å². The number of nitrogens with zero attached hydrogens (tertiary/aromatic N) is 2. The van der Waals surface area contributed by atoms with Gasteiger partial charge in [0.15, 0.2) is 0 Å². The molecule has 2 heterocycles. The predicted molar refractivity (Wildman–Crippen MR) is 72.8 cm³/mol. The van der Waals surface area contributed by atoms with Gasteiger partial charge in [-0.1, -0.05) is 12.5 Å². The monoisotopic (exact) mass is 263 g/mol. The molecule has 1 aromatic heterocycles.